The minimum atomic E-state index is -1.79. The van der Waals surface area contributed by atoms with Gasteiger partial charge >= 0.3 is 8.16 Å². The van der Waals surface area contributed by atoms with Crippen LogP contribution in [0.3, 0.4) is 0 Å². The van der Waals surface area contributed by atoms with Crippen LogP contribution in [0.2, 0.25) is 0 Å². The number of hydrogen-bond donors (Lipinski definition) is 0. The normalized spacial score (nSPS) is 12.8. The molecule has 2 unspecified atom stereocenters. The molecule has 56 heavy (non-hydrogen) atoms. The van der Waals surface area contributed by atoms with Crippen LogP contribution in [0.15, 0.2) is 203 Å². The molecule has 4 bridgehead atoms. The van der Waals surface area contributed by atoms with E-state index in [1.54, 1.807) is 0 Å². The molecule has 0 saturated heterocycles. The second-order valence-corrected chi connectivity index (χ2v) is 15.9. The number of hydrogen-bond acceptors (Lipinski definition) is 3. The van der Waals surface area contributed by atoms with Gasteiger partial charge in [-0.15, -0.1) is 0 Å². The Hall–Kier alpha value is -6.38. The summed E-state index contributed by atoms with van der Waals surface area (Å²) < 4.78 is 17.3. The Balaban J connectivity index is 1.40. The topological polar surface area (TPSA) is 29.5 Å². The second-order valence-electron chi connectivity index (χ2n) is 14.6. The van der Waals surface area contributed by atoms with E-state index >= 15 is 0 Å². The highest BCUT2D eigenvalue weighted by Crippen LogP contribution is 2.47. The molecule has 9 aromatic carbocycles. The monoisotopic (exact) mass is 741 g/mol. The SMILES string of the molecule is CC(c1ccccc1)N(C(C)c1ccccc1)p1oc2ccc(cc2-c2ccccc2)c2cccc3c4cccc(c5ccc(o1)c(-c1ccccc1)c5)c4c23. The van der Waals surface area contributed by atoms with Gasteiger partial charge in [0.1, 0.15) is 11.2 Å². The standard InChI is InChI=1S/C52H40NO2P/c1-35(37-17-7-3-8-18-37)53(36(2)38-19-9-4-10-20-38)56-54-49-31-29-41(33-47(49)39-21-11-5-12-22-39)43-25-15-27-45-46-28-16-26-44(52(46)51(43)45)42-30-32-50(55-56)48(34-42)40-23-13-6-14-24-40/h3-36H,1-2H3. The van der Waals surface area contributed by atoms with E-state index < -0.39 is 8.16 Å². The number of benzene rings is 8. The first kappa shape index (κ1) is 34.1. The third-order valence-electron chi connectivity index (χ3n) is 11.3. The molecular weight excluding hydrogens is 702 g/mol. The highest BCUT2D eigenvalue weighted by molar-refractivity contribution is 7.39. The number of fused-ring (bicyclic) bond motifs is 1. The maximum Gasteiger partial charge on any atom is 0.310 e. The molecule has 0 amide bonds. The van der Waals surface area contributed by atoms with Crippen LogP contribution >= 0.6 is 8.16 Å². The minimum absolute atomic E-state index is 0.0526. The molecule has 0 radical (unpaired) electrons. The molecule has 2 atom stereocenters. The number of nitrogens with zero attached hydrogens (tertiary/aromatic N) is 1. The maximum absolute atomic E-state index is 7.45. The van der Waals surface area contributed by atoms with Crippen molar-refractivity contribution in [3.05, 3.63) is 205 Å². The summed E-state index contributed by atoms with van der Waals surface area (Å²) in [5, 5.41) is 9.91. The van der Waals surface area contributed by atoms with Gasteiger partial charge in [0, 0.05) is 23.2 Å². The van der Waals surface area contributed by atoms with Gasteiger partial charge in [0.25, 0.3) is 0 Å². The zero-order valence-corrected chi connectivity index (χ0v) is 32.2. The van der Waals surface area contributed by atoms with E-state index in [0.29, 0.717) is 0 Å². The molecule has 270 valence electrons. The first-order valence-electron chi connectivity index (χ1n) is 19.3. The first-order chi connectivity index (χ1) is 27.6. The van der Waals surface area contributed by atoms with Crippen molar-refractivity contribution in [2.45, 2.75) is 25.9 Å². The van der Waals surface area contributed by atoms with Gasteiger partial charge in [-0.2, -0.15) is 4.67 Å². The molecule has 13 aromatic rings. The summed E-state index contributed by atoms with van der Waals surface area (Å²) >= 11 is 0. The molecule has 0 N–H and O–H groups in total. The van der Waals surface area contributed by atoms with Gasteiger partial charge in [-0.3, -0.25) is 0 Å². The highest BCUT2D eigenvalue weighted by Gasteiger charge is 2.29. The lowest BCUT2D eigenvalue weighted by atomic mass is 9.87. The molecule has 0 saturated carbocycles. The lowest BCUT2D eigenvalue weighted by molar-refractivity contribution is 0.556. The summed E-state index contributed by atoms with van der Waals surface area (Å²) in [5.74, 6) is 0. The summed E-state index contributed by atoms with van der Waals surface area (Å²) in [5.41, 5.74) is 8.17. The van der Waals surface area contributed by atoms with Crippen LogP contribution in [0.4, 0.5) is 0 Å². The molecule has 0 aliphatic heterocycles. The minimum Gasteiger partial charge on any atom is -0.408 e. The summed E-state index contributed by atoms with van der Waals surface area (Å²) in [6.07, 6.45) is 0. The van der Waals surface area contributed by atoms with Crippen LogP contribution in [-0.4, -0.2) is 0 Å². The smallest absolute Gasteiger partial charge is 0.310 e. The van der Waals surface area contributed by atoms with Crippen molar-refractivity contribution in [1.29, 1.82) is 0 Å². The molecule has 4 heteroatoms. The van der Waals surface area contributed by atoms with Crippen molar-refractivity contribution < 1.29 is 8.39 Å². The highest BCUT2D eigenvalue weighted by atomic mass is 31.1. The van der Waals surface area contributed by atoms with Crippen LogP contribution in [-0.2, 0) is 0 Å². The fraction of sp³-hybridized carbons (Fsp3) is 0.0769. The molecule has 0 aliphatic carbocycles. The molecule has 13 rings (SSSR count). The number of rotatable bonds is 7. The van der Waals surface area contributed by atoms with E-state index in [-0.39, 0.29) is 12.1 Å². The van der Waals surface area contributed by atoms with Crippen molar-refractivity contribution in [3.63, 3.8) is 0 Å². The Kier molecular flexibility index (Phi) is 8.75. The maximum atomic E-state index is 7.45. The average molecular weight is 742 g/mol. The van der Waals surface area contributed by atoms with E-state index in [4.69, 9.17) is 8.39 Å². The summed E-state index contributed by atoms with van der Waals surface area (Å²) in [7, 11) is -1.79. The van der Waals surface area contributed by atoms with E-state index in [1.807, 2.05) is 0 Å². The molecule has 3 nitrogen and oxygen atoms in total. The van der Waals surface area contributed by atoms with Crippen molar-refractivity contribution in [2.24, 2.45) is 0 Å². The Morgan fingerprint density at radius 3 is 1.18 bits per heavy atom. The average Bonchev–Trinajstić information content (AvgIpc) is 3.27. The predicted molar refractivity (Wildman–Crippen MR) is 238 cm³/mol. The largest absolute Gasteiger partial charge is 0.408 e. The Morgan fingerprint density at radius 1 is 0.393 bits per heavy atom. The van der Waals surface area contributed by atoms with Crippen LogP contribution in [0, 0.1) is 0 Å². The molecular formula is C52H40NO2P. The van der Waals surface area contributed by atoms with Crippen LogP contribution in [0.1, 0.15) is 37.1 Å². The van der Waals surface area contributed by atoms with Crippen molar-refractivity contribution >= 4 is 62.4 Å². The van der Waals surface area contributed by atoms with Gasteiger partial charge in [-0.1, -0.05) is 170 Å². The fourth-order valence-electron chi connectivity index (χ4n) is 8.42. The van der Waals surface area contributed by atoms with Gasteiger partial charge in [0.15, 0.2) is 0 Å². The van der Waals surface area contributed by atoms with Gasteiger partial charge in [0.2, 0.25) is 0 Å². The van der Waals surface area contributed by atoms with Crippen LogP contribution in [0.25, 0.3) is 76.5 Å². The second kappa shape index (κ2) is 14.4. The van der Waals surface area contributed by atoms with E-state index in [2.05, 4.69) is 213 Å². The molecule has 0 aliphatic rings. The summed E-state index contributed by atoms with van der Waals surface area (Å²) in [4.78, 5) is 0. The first-order valence-corrected chi connectivity index (χ1v) is 20.5. The van der Waals surface area contributed by atoms with E-state index in [1.165, 1.54) is 43.4 Å². The lowest BCUT2D eigenvalue weighted by Crippen LogP contribution is -2.27. The van der Waals surface area contributed by atoms with Crippen LogP contribution in [0.5, 0.6) is 0 Å². The Labute approximate surface area is 327 Å². The quantitative estimate of drug-likeness (QED) is 0.163. The van der Waals surface area contributed by atoms with Crippen molar-refractivity contribution in [3.8, 4) is 22.3 Å². The fourth-order valence-corrected chi connectivity index (χ4v) is 10.1. The van der Waals surface area contributed by atoms with E-state index in [9.17, 15) is 0 Å². The molecule has 0 fully saturated rings. The molecule has 4 heterocycles. The van der Waals surface area contributed by atoms with Gasteiger partial charge in [-0.05, 0) is 103 Å². The predicted octanol–water partition coefficient (Wildman–Crippen LogP) is 15.5. The third kappa shape index (κ3) is 5.97. The van der Waals surface area contributed by atoms with Crippen molar-refractivity contribution in [1.82, 2.24) is 0 Å². The van der Waals surface area contributed by atoms with Gasteiger partial charge in [-0.25, -0.2) is 0 Å². The molecule has 0 spiro atoms. The lowest BCUT2D eigenvalue weighted by Gasteiger charge is -2.32. The molecule has 4 aromatic heterocycles. The van der Waals surface area contributed by atoms with Gasteiger partial charge < -0.3 is 8.39 Å². The Morgan fingerprint density at radius 2 is 0.768 bits per heavy atom. The third-order valence-corrected chi connectivity index (χ3v) is 13.1. The van der Waals surface area contributed by atoms with E-state index in [0.717, 1.165) is 44.2 Å². The van der Waals surface area contributed by atoms with Crippen molar-refractivity contribution in [2.75, 3.05) is 4.67 Å². The summed E-state index contributed by atoms with van der Waals surface area (Å²) in [6, 6.07) is 69.3. The zero-order chi connectivity index (χ0) is 37.6. The Bertz CT molecular complexity index is 2850. The summed E-state index contributed by atoms with van der Waals surface area (Å²) in [6.45, 7) is 4.53. The van der Waals surface area contributed by atoms with Gasteiger partial charge in [0.05, 0.1) is 0 Å². The van der Waals surface area contributed by atoms with Crippen LogP contribution < -0.4 is 4.67 Å². The zero-order valence-electron chi connectivity index (χ0n) is 31.3.